The number of likely N-dealkylation sites (N-methyl/N-ethyl adjacent to an activating group) is 1. The van der Waals surface area contributed by atoms with Gasteiger partial charge in [-0.25, -0.2) is 0 Å². The molecular weight excluding hydrogens is 492 g/mol. The molecule has 2 heterocycles. The van der Waals surface area contributed by atoms with Crippen LogP contribution in [0.25, 0.3) is 0 Å². The molecule has 1 saturated heterocycles. The number of nitrogens with one attached hydrogen (secondary N) is 3. The van der Waals surface area contributed by atoms with Gasteiger partial charge in [0.1, 0.15) is 12.1 Å². The number of nitrogens with zero attached hydrogens (tertiary/aromatic N) is 3. The maximum Gasteiger partial charge on any atom is 0.246 e. The number of carbonyl (C=O) groups excluding carboxylic acids is 3. The highest BCUT2D eigenvalue weighted by molar-refractivity contribution is 5.93. The molecule has 0 saturated carbocycles. The summed E-state index contributed by atoms with van der Waals surface area (Å²) in [6.45, 7) is 7.59. The molecule has 2 aliphatic rings. The number of benzene rings is 1. The van der Waals surface area contributed by atoms with E-state index in [1.165, 1.54) is 5.56 Å². The van der Waals surface area contributed by atoms with Crippen LogP contribution in [0.3, 0.4) is 0 Å². The maximum absolute atomic E-state index is 13.9. The van der Waals surface area contributed by atoms with Crippen LogP contribution in [-0.4, -0.2) is 77.3 Å². The first-order chi connectivity index (χ1) is 18.8. The molecule has 9 nitrogen and oxygen atoms in total. The van der Waals surface area contributed by atoms with Gasteiger partial charge in [-0.1, -0.05) is 44.2 Å². The van der Waals surface area contributed by atoms with Gasteiger partial charge in [0.25, 0.3) is 0 Å². The summed E-state index contributed by atoms with van der Waals surface area (Å²) in [6.07, 6.45) is 4.65. The number of amides is 3. The first-order valence-electron chi connectivity index (χ1n) is 14.1. The predicted molar refractivity (Wildman–Crippen MR) is 151 cm³/mol. The van der Waals surface area contributed by atoms with E-state index in [2.05, 4.69) is 38.0 Å². The Labute approximate surface area is 231 Å². The van der Waals surface area contributed by atoms with Crippen LogP contribution in [0.4, 0.5) is 0 Å². The van der Waals surface area contributed by atoms with Gasteiger partial charge in [-0.2, -0.15) is 0 Å². The highest BCUT2D eigenvalue weighted by atomic mass is 16.2. The molecule has 3 amide bonds. The number of carbonyl (C=O) groups is 3. The fourth-order valence-electron chi connectivity index (χ4n) is 5.47. The Morgan fingerprint density at radius 3 is 2.54 bits per heavy atom. The molecule has 4 atom stereocenters. The standard InChI is InChI=1S/C30H42N6O3/c1-20(2)27(34-28(37)21(3)31-4)30(39)36-17-16-35(18-23-12-7-8-15-32-23)19-26(36)29(38)33-25-14-9-11-22-10-5-6-13-24(22)25/h5-8,10,12-13,15,20-21,25-27,31H,9,11,14,16-19H2,1-4H3,(H,33,38)(H,34,37)/t21-,25?,26-,27-/m0/s1. The molecule has 1 unspecified atom stereocenters. The molecule has 1 aliphatic heterocycles. The Morgan fingerprint density at radius 1 is 1.05 bits per heavy atom. The van der Waals surface area contributed by atoms with E-state index in [0.717, 1.165) is 30.5 Å². The fraction of sp³-hybridized carbons (Fsp3) is 0.533. The number of piperazine rings is 1. The summed E-state index contributed by atoms with van der Waals surface area (Å²) in [5.41, 5.74) is 3.35. The number of hydrogen-bond acceptors (Lipinski definition) is 6. The third kappa shape index (κ3) is 7.02. The SMILES string of the molecule is CN[C@@H](C)C(=O)N[C@H](C(=O)N1CCN(Cc2ccccn2)C[C@H]1C(=O)NC1CCCc2ccccc21)C(C)C. The van der Waals surface area contributed by atoms with Gasteiger partial charge < -0.3 is 20.9 Å². The molecule has 1 aromatic heterocycles. The zero-order valence-corrected chi connectivity index (χ0v) is 23.5. The number of hydrogen-bond donors (Lipinski definition) is 3. The van der Waals surface area contributed by atoms with Crippen molar-refractivity contribution in [2.24, 2.45) is 5.92 Å². The van der Waals surface area contributed by atoms with Gasteiger partial charge in [0.2, 0.25) is 17.7 Å². The summed E-state index contributed by atoms with van der Waals surface area (Å²) in [4.78, 5) is 48.8. The van der Waals surface area contributed by atoms with Crippen molar-refractivity contribution in [1.82, 2.24) is 30.7 Å². The summed E-state index contributed by atoms with van der Waals surface area (Å²) < 4.78 is 0. The second kappa shape index (κ2) is 13.2. The molecule has 3 N–H and O–H groups in total. The molecule has 1 aliphatic carbocycles. The van der Waals surface area contributed by atoms with Crippen molar-refractivity contribution in [2.45, 2.75) is 70.7 Å². The van der Waals surface area contributed by atoms with Crippen molar-refractivity contribution in [3.8, 4) is 0 Å². The summed E-state index contributed by atoms with van der Waals surface area (Å²) >= 11 is 0. The van der Waals surface area contributed by atoms with Crippen LogP contribution in [0.15, 0.2) is 48.7 Å². The minimum absolute atomic E-state index is 0.0809. The van der Waals surface area contributed by atoms with Crippen LogP contribution >= 0.6 is 0 Å². The van der Waals surface area contributed by atoms with E-state index in [4.69, 9.17) is 0 Å². The van der Waals surface area contributed by atoms with Crippen molar-refractivity contribution >= 4 is 17.7 Å². The highest BCUT2D eigenvalue weighted by Gasteiger charge is 2.40. The van der Waals surface area contributed by atoms with Crippen LogP contribution in [-0.2, 0) is 27.3 Å². The summed E-state index contributed by atoms with van der Waals surface area (Å²) in [5, 5.41) is 9.12. The van der Waals surface area contributed by atoms with Gasteiger partial charge in [0.15, 0.2) is 0 Å². The van der Waals surface area contributed by atoms with E-state index in [0.29, 0.717) is 26.2 Å². The van der Waals surface area contributed by atoms with Crippen molar-refractivity contribution < 1.29 is 14.4 Å². The van der Waals surface area contributed by atoms with E-state index < -0.39 is 18.1 Å². The molecule has 1 aromatic carbocycles. The number of aromatic nitrogens is 1. The number of fused-ring (bicyclic) bond motifs is 1. The minimum Gasteiger partial charge on any atom is -0.347 e. The Hall–Kier alpha value is -3.30. The van der Waals surface area contributed by atoms with Crippen molar-refractivity contribution in [3.63, 3.8) is 0 Å². The lowest BCUT2D eigenvalue weighted by Crippen LogP contribution is -2.64. The molecule has 0 bridgehead atoms. The van der Waals surface area contributed by atoms with Crippen molar-refractivity contribution in [2.75, 3.05) is 26.7 Å². The van der Waals surface area contributed by atoms with Gasteiger partial charge in [-0.3, -0.25) is 24.3 Å². The lowest BCUT2D eigenvalue weighted by atomic mass is 9.87. The van der Waals surface area contributed by atoms with E-state index in [-0.39, 0.29) is 29.7 Å². The van der Waals surface area contributed by atoms with Crippen LogP contribution in [0.5, 0.6) is 0 Å². The number of aryl methyl sites for hydroxylation is 1. The third-order valence-electron chi connectivity index (χ3n) is 7.90. The highest BCUT2D eigenvalue weighted by Crippen LogP contribution is 2.30. The molecule has 9 heteroatoms. The molecule has 0 spiro atoms. The van der Waals surface area contributed by atoms with Crippen molar-refractivity contribution in [1.29, 1.82) is 0 Å². The maximum atomic E-state index is 13.9. The zero-order valence-electron chi connectivity index (χ0n) is 23.5. The lowest BCUT2D eigenvalue weighted by molar-refractivity contribution is -0.148. The quantitative estimate of drug-likeness (QED) is 0.455. The Balaban J connectivity index is 1.56. The van der Waals surface area contributed by atoms with Gasteiger partial charge >= 0.3 is 0 Å². The topological polar surface area (TPSA) is 107 Å². The fourth-order valence-corrected chi connectivity index (χ4v) is 5.47. The lowest BCUT2D eigenvalue weighted by Gasteiger charge is -2.43. The average Bonchev–Trinajstić information content (AvgIpc) is 2.95. The molecule has 39 heavy (non-hydrogen) atoms. The minimum atomic E-state index is -0.721. The normalized spacial score (nSPS) is 21.1. The van der Waals surface area contributed by atoms with E-state index in [1.54, 1.807) is 25.1 Å². The summed E-state index contributed by atoms with van der Waals surface area (Å²) in [7, 11) is 1.71. The largest absolute Gasteiger partial charge is 0.347 e. The Morgan fingerprint density at radius 2 is 1.82 bits per heavy atom. The smallest absolute Gasteiger partial charge is 0.246 e. The van der Waals surface area contributed by atoms with Gasteiger partial charge in [0.05, 0.1) is 17.8 Å². The zero-order chi connectivity index (χ0) is 27.9. The van der Waals surface area contributed by atoms with Gasteiger partial charge in [0, 0.05) is 32.4 Å². The summed E-state index contributed by atoms with van der Waals surface area (Å²) in [5.74, 6) is -0.749. The predicted octanol–water partition coefficient (Wildman–Crippen LogP) is 2.04. The third-order valence-corrected chi connectivity index (χ3v) is 7.90. The van der Waals surface area contributed by atoms with Crippen LogP contribution in [0.1, 0.15) is 56.5 Å². The van der Waals surface area contributed by atoms with Gasteiger partial charge in [-0.05, 0) is 62.4 Å². The second-order valence-electron chi connectivity index (χ2n) is 11.0. The molecule has 2 aromatic rings. The number of rotatable bonds is 9. The molecule has 4 rings (SSSR count). The molecule has 210 valence electrons. The van der Waals surface area contributed by atoms with Crippen LogP contribution < -0.4 is 16.0 Å². The van der Waals surface area contributed by atoms with Gasteiger partial charge in [-0.15, -0.1) is 0 Å². The summed E-state index contributed by atoms with van der Waals surface area (Å²) in [6, 6.07) is 12.2. The molecular formula is C30H42N6O3. The second-order valence-corrected chi connectivity index (χ2v) is 11.0. The first kappa shape index (κ1) is 28.7. The molecule has 1 fully saturated rings. The Bertz CT molecular complexity index is 1140. The molecule has 0 radical (unpaired) electrons. The average molecular weight is 535 g/mol. The Kier molecular flexibility index (Phi) is 9.69. The van der Waals surface area contributed by atoms with E-state index in [1.807, 2.05) is 44.2 Å². The monoisotopic (exact) mass is 534 g/mol. The van der Waals surface area contributed by atoms with E-state index >= 15 is 0 Å². The van der Waals surface area contributed by atoms with E-state index in [9.17, 15) is 14.4 Å². The van der Waals surface area contributed by atoms with Crippen molar-refractivity contribution in [3.05, 3.63) is 65.5 Å². The first-order valence-corrected chi connectivity index (χ1v) is 14.1. The number of pyridine rings is 1. The van der Waals surface area contributed by atoms with Crippen LogP contribution in [0, 0.1) is 5.92 Å². The van der Waals surface area contributed by atoms with Crippen LogP contribution in [0.2, 0.25) is 0 Å².